The van der Waals surface area contributed by atoms with Crippen molar-refractivity contribution in [2.45, 2.75) is 12.5 Å². The van der Waals surface area contributed by atoms with E-state index in [1.807, 2.05) is 42.5 Å². The molecule has 2 aromatic rings. The molecule has 0 unspecified atom stereocenters. The Morgan fingerprint density at radius 3 is 2.67 bits per heavy atom. The highest BCUT2D eigenvalue weighted by Crippen LogP contribution is 2.25. The van der Waals surface area contributed by atoms with Crippen LogP contribution in [0.15, 0.2) is 42.5 Å². The minimum atomic E-state index is -0.942. The Kier molecular flexibility index (Phi) is 3.57. The smallest absolute Gasteiger partial charge is 0.305 e. The van der Waals surface area contributed by atoms with Crippen molar-refractivity contribution in [2.24, 2.45) is 0 Å². The van der Waals surface area contributed by atoms with E-state index in [4.69, 9.17) is 5.11 Å². The molecule has 0 heterocycles. The quantitative estimate of drug-likeness (QED) is 0.790. The molecule has 18 heavy (non-hydrogen) atoms. The molecule has 0 aromatic heterocycles. The second-order valence-corrected chi connectivity index (χ2v) is 4.00. The van der Waals surface area contributed by atoms with Crippen LogP contribution in [0.2, 0.25) is 0 Å². The fraction of sp³-hybridized carbons (Fsp3) is 0.143. The molecule has 0 aliphatic carbocycles. The van der Waals surface area contributed by atoms with Crippen LogP contribution in [0.3, 0.4) is 0 Å². The summed E-state index contributed by atoms with van der Waals surface area (Å²) >= 11 is 0. The van der Waals surface area contributed by atoms with Gasteiger partial charge >= 0.3 is 5.97 Å². The van der Waals surface area contributed by atoms with Crippen LogP contribution in [0.5, 0.6) is 0 Å². The van der Waals surface area contributed by atoms with E-state index in [0.29, 0.717) is 6.41 Å². The van der Waals surface area contributed by atoms with E-state index in [0.717, 1.165) is 16.3 Å². The molecule has 0 aliphatic heterocycles. The van der Waals surface area contributed by atoms with E-state index in [1.54, 1.807) is 0 Å². The summed E-state index contributed by atoms with van der Waals surface area (Å²) in [7, 11) is 0. The standard InChI is InChI=1S/C14H13NO3/c16-9-15-13(8-14(17)18)12-7-3-5-10-4-1-2-6-11(10)12/h1-7,9,13H,8H2,(H,15,16)(H,17,18)/t13-/m1/s1. The van der Waals surface area contributed by atoms with Gasteiger partial charge in [0.05, 0.1) is 12.5 Å². The summed E-state index contributed by atoms with van der Waals surface area (Å²) in [4.78, 5) is 21.4. The van der Waals surface area contributed by atoms with Crippen LogP contribution in [0.1, 0.15) is 18.0 Å². The molecule has 0 saturated carbocycles. The Balaban J connectivity index is 2.49. The molecule has 92 valence electrons. The lowest BCUT2D eigenvalue weighted by Crippen LogP contribution is -2.22. The summed E-state index contributed by atoms with van der Waals surface area (Å²) in [6.07, 6.45) is 0.405. The number of aliphatic carboxylic acids is 1. The van der Waals surface area contributed by atoms with Crippen LogP contribution in [-0.4, -0.2) is 17.5 Å². The lowest BCUT2D eigenvalue weighted by Gasteiger charge is -2.16. The van der Waals surface area contributed by atoms with Crippen molar-refractivity contribution in [3.05, 3.63) is 48.0 Å². The SMILES string of the molecule is O=CN[C@H](CC(=O)O)c1cccc2ccccc12. The number of hydrogen-bond donors (Lipinski definition) is 2. The van der Waals surface area contributed by atoms with Crippen molar-refractivity contribution in [3.63, 3.8) is 0 Å². The predicted octanol–water partition coefficient (Wildman–Crippen LogP) is 2.10. The molecule has 2 rings (SSSR count). The van der Waals surface area contributed by atoms with Crippen LogP contribution in [0.25, 0.3) is 10.8 Å². The summed E-state index contributed by atoms with van der Waals surface area (Å²) in [6, 6.07) is 12.8. The van der Waals surface area contributed by atoms with Gasteiger partial charge in [0.15, 0.2) is 0 Å². The number of carboxylic acid groups (broad SMARTS) is 1. The van der Waals surface area contributed by atoms with Gasteiger partial charge in [0.1, 0.15) is 0 Å². The Bertz CT molecular complexity index is 575. The molecule has 2 N–H and O–H groups in total. The Hall–Kier alpha value is -2.36. The molecule has 0 saturated heterocycles. The van der Waals surface area contributed by atoms with Gasteiger partial charge in [-0.05, 0) is 16.3 Å². The summed E-state index contributed by atoms with van der Waals surface area (Å²) in [5.41, 5.74) is 0.822. The number of carbonyl (C=O) groups is 2. The minimum Gasteiger partial charge on any atom is -0.481 e. The molecule has 2 aromatic carbocycles. The second kappa shape index (κ2) is 5.31. The third-order valence-corrected chi connectivity index (χ3v) is 2.85. The summed E-state index contributed by atoms with van der Waals surface area (Å²) in [5, 5.41) is 13.4. The maximum Gasteiger partial charge on any atom is 0.305 e. The Labute approximate surface area is 104 Å². The largest absolute Gasteiger partial charge is 0.481 e. The van der Waals surface area contributed by atoms with Crippen molar-refractivity contribution in [1.29, 1.82) is 0 Å². The van der Waals surface area contributed by atoms with Crippen molar-refractivity contribution < 1.29 is 14.7 Å². The number of hydrogen-bond acceptors (Lipinski definition) is 2. The number of amides is 1. The third-order valence-electron chi connectivity index (χ3n) is 2.85. The van der Waals surface area contributed by atoms with E-state index in [-0.39, 0.29) is 6.42 Å². The van der Waals surface area contributed by atoms with Gasteiger partial charge in [-0.2, -0.15) is 0 Å². The van der Waals surface area contributed by atoms with Gasteiger partial charge in [-0.25, -0.2) is 0 Å². The highest BCUT2D eigenvalue weighted by Gasteiger charge is 2.16. The first-order chi connectivity index (χ1) is 8.72. The molecule has 4 nitrogen and oxygen atoms in total. The maximum atomic E-state index is 10.8. The summed E-state index contributed by atoms with van der Waals surface area (Å²) in [5.74, 6) is -0.942. The van der Waals surface area contributed by atoms with E-state index >= 15 is 0 Å². The zero-order valence-corrected chi connectivity index (χ0v) is 9.67. The first-order valence-electron chi connectivity index (χ1n) is 5.61. The predicted molar refractivity (Wildman–Crippen MR) is 68.1 cm³/mol. The van der Waals surface area contributed by atoms with Crippen LogP contribution in [0, 0.1) is 0 Å². The molecule has 0 bridgehead atoms. The zero-order chi connectivity index (χ0) is 13.0. The van der Waals surface area contributed by atoms with E-state index in [1.165, 1.54) is 0 Å². The minimum absolute atomic E-state index is 0.132. The van der Waals surface area contributed by atoms with Crippen molar-refractivity contribution in [1.82, 2.24) is 5.32 Å². The first-order valence-corrected chi connectivity index (χ1v) is 5.61. The lowest BCUT2D eigenvalue weighted by atomic mass is 9.97. The molecule has 0 fully saturated rings. The third kappa shape index (κ3) is 2.48. The molecule has 0 spiro atoms. The maximum absolute atomic E-state index is 10.8. The Morgan fingerprint density at radius 2 is 1.94 bits per heavy atom. The average Bonchev–Trinajstić information content (AvgIpc) is 2.37. The van der Waals surface area contributed by atoms with Gasteiger partial charge in [0, 0.05) is 0 Å². The van der Waals surface area contributed by atoms with Gasteiger partial charge in [0.25, 0.3) is 0 Å². The number of fused-ring (bicyclic) bond motifs is 1. The van der Waals surface area contributed by atoms with Crippen molar-refractivity contribution >= 4 is 23.2 Å². The van der Waals surface area contributed by atoms with Gasteiger partial charge < -0.3 is 10.4 Å². The van der Waals surface area contributed by atoms with Crippen LogP contribution < -0.4 is 5.32 Å². The van der Waals surface area contributed by atoms with Gasteiger partial charge in [-0.15, -0.1) is 0 Å². The van der Waals surface area contributed by atoms with Crippen LogP contribution in [0.4, 0.5) is 0 Å². The highest BCUT2D eigenvalue weighted by atomic mass is 16.4. The summed E-state index contributed by atoms with van der Waals surface area (Å²) in [6.45, 7) is 0. The number of rotatable bonds is 5. The highest BCUT2D eigenvalue weighted by molar-refractivity contribution is 5.86. The van der Waals surface area contributed by atoms with E-state index in [2.05, 4.69) is 5.32 Å². The summed E-state index contributed by atoms with van der Waals surface area (Å²) < 4.78 is 0. The molecule has 0 radical (unpaired) electrons. The van der Waals surface area contributed by atoms with Gasteiger partial charge in [0.2, 0.25) is 6.41 Å². The van der Waals surface area contributed by atoms with Crippen molar-refractivity contribution in [3.8, 4) is 0 Å². The molecule has 1 amide bonds. The fourth-order valence-electron chi connectivity index (χ4n) is 2.07. The molecule has 0 aliphatic rings. The molecule has 4 heteroatoms. The number of carboxylic acids is 1. The van der Waals surface area contributed by atoms with Crippen LogP contribution in [-0.2, 0) is 9.59 Å². The number of carbonyl (C=O) groups excluding carboxylic acids is 1. The zero-order valence-electron chi connectivity index (χ0n) is 9.67. The lowest BCUT2D eigenvalue weighted by molar-refractivity contribution is -0.137. The van der Waals surface area contributed by atoms with Crippen molar-refractivity contribution in [2.75, 3.05) is 0 Å². The van der Waals surface area contributed by atoms with Gasteiger partial charge in [-0.3, -0.25) is 9.59 Å². The van der Waals surface area contributed by atoms with Gasteiger partial charge in [-0.1, -0.05) is 42.5 Å². The molecule has 1 atom stereocenters. The van der Waals surface area contributed by atoms with E-state index in [9.17, 15) is 9.59 Å². The fourth-order valence-corrected chi connectivity index (χ4v) is 2.07. The Morgan fingerprint density at radius 1 is 1.22 bits per heavy atom. The van der Waals surface area contributed by atoms with Crippen LogP contribution >= 0.6 is 0 Å². The number of benzene rings is 2. The average molecular weight is 243 g/mol. The molecular formula is C14H13NO3. The van der Waals surface area contributed by atoms with E-state index < -0.39 is 12.0 Å². The molecular weight excluding hydrogens is 230 g/mol. The normalized spacial score (nSPS) is 12.0. The second-order valence-electron chi connectivity index (χ2n) is 4.00. The number of nitrogens with one attached hydrogen (secondary N) is 1. The topological polar surface area (TPSA) is 66.4 Å². The first kappa shape index (κ1) is 12.1. The monoisotopic (exact) mass is 243 g/mol.